The number of alkyl halides is 1. The van der Waals surface area contributed by atoms with Crippen LogP contribution in [0.15, 0.2) is 18.2 Å². The maximum Gasteiger partial charge on any atom is 0.0488 e. The van der Waals surface area contributed by atoms with E-state index in [1.165, 1.54) is 0 Å². The minimum absolute atomic E-state index is 0.461. The van der Waals surface area contributed by atoms with Gasteiger partial charge in [0.15, 0.2) is 0 Å². The monoisotopic (exact) mass is 287 g/mol. The summed E-state index contributed by atoms with van der Waals surface area (Å²) in [6, 6.07) is 6.09. The highest BCUT2D eigenvalue weighted by Gasteiger charge is 2.16. The Kier molecular flexibility index (Phi) is 5.16. The fraction of sp³-hybridized carbons (Fsp3) is 0.571. The van der Waals surface area contributed by atoms with Crippen molar-refractivity contribution in [3.8, 4) is 0 Å². The molecular weight excluding hydrogens is 269 g/mol. The van der Waals surface area contributed by atoms with E-state index in [9.17, 15) is 0 Å². The van der Waals surface area contributed by atoms with Gasteiger partial charge in [-0.25, -0.2) is 0 Å². The van der Waals surface area contributed by atoms with Crippen LogP contribution < -0.4 is 4.90 Å². The van der Waals surface area contributed by atoms with Crippen LogP contribution in [0.2, 0.25) is 5.02 Å². The molecule has 100 valence electrons. The molecule has 1 aromatic carbocycles. The Morgan fingerprint density at radius 3 is 2.67 bits per heavy atom. The van der Waals surface area contributed by atoms with Gasteiger partial charge < -0.3 is 9.64 Å². The van der Waals surface area contributed by atoms with Gasteiger partial charge in [-0.1, -0.05) is 17.7 Å². The lowest BCUT2D eigenvalue weighted by Crippen LogP contribution is -2.29. The van der Waals surface area contributed by atoms with E-state index < -0.39 is 0 Å². The van der Waals surface area contributed by atoms with Gasteiger partial charge in [0.2, 0.25) is 0 Å². The molecule has 0 N–H and O–H groups in total. The van der Waals surface area contributed by atoms with Gasteiger partial charge in [0.1, 0.15) is 0 Å². The summed E-state index contributed by atoms with van der Waals surface area (Å²) in [5.74, 6) is 1.18. The van der Waals surface area contributed by atoms with Crippen molar-refractivity contribution in [1.82, 2.24) is 0 Å². The SMILES string of the molecule is CN(CC1CCOCC1)c1ccc(CCl)c(Cl)c1. The van der Waals surface area contributed by atoms with Crippen LogP contribution in [0.5, 0.6) is 0 Å². The summed E-state index contributed by atoms with van der Waals surface area (Å²) in [4.78, 5) is 2.26. The van der Waals surface area contributed by atoms with Gasteiger partial charge in [-0.05, 0) is 36.5 Å². The van der Waals surface area contributed by atoms with Crippen molar-refractivity contribution in [2.24, 2.45) is 5.92 Å². The molecule has 1 fully saturated rings. The van der Waals surface area contributed by atoms with Gasteiger partial charge in [0.25, 0.3) is 0 Å². The first-order valence-corrected chi connectivity index (χ1v) is 7.25. The molecule has 1 heterocycles. The molecule has 18 heavy (non-hydrogen) atoms. The van der Waals surface area contributed by atoms with Gasteiger partial charge in [-0.2, -0.15) is 0 Å². The van der Waals surface area contributed by atoms with Crippen LogP contribution in [-0.4, -0.2) is 26.8 Å². The Morgan fingerprint density at radius 1 is 1.33 bits per heavy atom. The summed E-state index contributed by atoms with van der Waals surface area (Å²) in [5, 5.41) is 0.751. The second-order valence-electron chi connectivity index (χ2n) is 4.85. The number of rotatable bonds is 4. The van der Waals surface area contributed by atoms with Crippen molar-refractivity contribution < 1.29 is 4.74 Å². The molecule has 1 aliphatic heterocycles. The second-order valence-corrected chi connectivity index (χ2v) is 5.52. The second kappa shape index (κ2) is 6.65. The van der Waals surface area contributed by atoms with Crippen LogP contribution in [-0.2, 0) is 10.6 Å². The van der Waals surface area contributed by atoms with Crippen molar-refractivity contribution in [3.63, 3.8) is 0 Å². The van der Waals surface area contributed by atoms with E-state index in [2.05, 4.69) is 18.0 Å². The third-order valence-electron chi connectivity index (χ3n) is 3.49. The number of anilines is 1. The van der Waals surface area contributed by atoms with E-state index in [-0.39, 0.29) is 0 Å². The van der Waals surface area contributed by atoms with Gasteiger partial charge in [-0.15, -0.1) is 11.6 Å². The smallest absolute Gasteiger partial charge is 0.0488 e. The topological polar surface area (TPSA) is 12.5 Å². The molecule has 0 aromatic heterocycles. The van der Waals surface area contributed by atoms with Gasteiger partial charge in [0, 0.05) is 43.4 Å². The zero-order valence-electron chi connectivity index (χ0n) is 10.7. The lowest BCUT2D eigenvalue weighted by molar-refractivity contribution is 0.0685. The summed E-state index contributed by atoms with van der Waals surface area (Å²) in [7, 11) is 2.11. The van der Waals surface area contributed by atoms with Gasteiger partial charge >= 0.3 is 0 Å². The largest absolute Gasteiger partial charge is 0.381 e. The van der Waals surface area contributed by atoms with E-state index in [0.29, 0.717) is 5.88 Å². The average molecular weight is 288 g/mol. The van der Waals surface area contributed by atoms with E-state index in [0.717, 1.165) is 54.8 Å². The average Bonchev–Trinajstić information content (AvgIpc) is 2.39. The quantitative estimate of drug-likeness (QED) is 0.778. The molecule has 4 heteroatoms. The Bertz CT molecular complexity index is 391. The Hall–Kier alpha value is -0.440. The highest BCUT2D eigenvalue weighted by Crippen LogP contribution is 2.26. The Balaban J connectivity index is 1.99. The first-order chi connectivity index (χ1) is 8.70. The molecule has 1 saturated heterocycles. The zero-order valence-corrected chi connectivity index (χ0v) is 12.2. The molecule has 0 bridgehead atoms. The highest BCUT2D eigenvalue weighted by atomic mass is 35.5. The molecule has 0 amide bonds. The maximum atomic E-state index is 6.19. The molecule has 0 unspecified atom stereocenters. The lowest BCUT2D eigenvalue weighted by Gasteiger charge is -2.28. The van der Waals surface area contributed by atoms with Crippen molar-refractivity contribution in [3.05, 3.63) is 28.8 Å². The van der Waals surface area contributed by atoms with Crippen LogP contribution in [0.3, 0.4) is 0 Å². The van der Waals surface area contributed by atoms with Gasteiger partial charge in [-0.3, -0.25) is 0 Å². The molecule has 0 aliphatic carbocycles. The molecule has 0 atom stereocenters. The Morgan fingerprint density at radius 2 is 2.06 bits per heavy atom. The van der Waals surface area contributed by atoms with Crippen LogP contribution in [0, 0.1) is 5.92 Å². The molecular formula is C14H19Cl2NO. The summed E-state index contributed by atoms with van der Waals surface area (Å²) < 4.78 is 5.38. The van der Waals surface area contributed by atoms with Gasteiger partial charge in [0.05, 0.1) is 0 Å². The third kappa shape index (κ3) is 3.53. The van der Waals surface area contributed by atoms with Crippen molar-refractivity contribution >= 4 is 28.9 Å². The number of benzene rings is 1. The Labute approximate surface area is 119 Å². The zero-order chi connectivity index (χ0) is 13.0. The standard InChI is InChI=1S/C14H19Cl2NO/c1-17(10-11-4-6-18-7-5-11)13-3-2-12(9-15)14(16)8-13/h2-3,8,11H,4-7,9-10H2,1H3. The fourth-order valence-electron chi connectivity index (χ4n) is 2.30. The molecule has 2 nitrogen and oxygen atoms in total. The fourth-order valence-corrected chi connectivity index (χ4v) is 2.85. The predicted molar refractivity (Wildman–Crippen MR) is 77.8 cm³/mol. The number of nitrogens with zero attached hydrogens (tertiary/aromatic N) is 1. The van der Waals surface area contributed by atoms with Crippen molar-refractivity contribution in [1.29, 1.82) is 0 Å². The van der Waals surface area contributed by atoms with Crippen molar-refractivity contribution in [2.75, 3.05) is 31.7 Å². The van der Waals surface area contributed by atoms with E-state index in [1.807, 2.05) is 12.1 Å². The lowest BCUT2D eigenvalue weighted by atomic mass is 9.99. The summed E-state index contributed by atoms with van der Waals surface area (Å²) in [5.41, 5.74) is 2.14. The first kappa shape index (κ1) is 14.0. The molecule has 2 rings (SSSR count). The third-order valence-corrected chi connectivity index (χ3v) is 4.13. The van der Waals surface area contributed by atoms with E-state index >= 15 is 0 Å². The molecule has 0 radical (unpaired) electrons. The van der Waals surface area contributed by atoms with Crippen LogP contribution in [0.25, 0.3) is 0 Å². The van der Waals surface area contributed by atoms with Crippen LogP contribution >= 0.6 is 23.2 Å². The number of hydrogen-bond donors (Lipinski definition) is 0. The maximum absolute atomic E-state index is 6.19. The molecule has 1 aromatic rings. The number of ether oxygens (including phenoxy) is 1. The summed E-state index contributed by atoms with van der Waals surface area (Å²) >= 11 is 12.0. The number of halogens is 2. The number of hydrogen-bond acceptors (Lipinski definition) is 2. The summed E-state index contributed by atoms with van der Waals surface area (Å²) in [6.07, 6.45) is 2.30. The minimum atomic E-state index is 0.461. The van der Waals surface area contributed by atoms with E-state index in [1.54, 1.807) is 0 Å². The highest BCUT2D eigenvalue weighted by molar-refractivity contribution is 6.32. The van der Waals surface area contributed by atoms with Crippen LogP contribution in [0.4, 0.5) is 5.69 Å². The normalized spacial score (nSPS) is 16.8. The molecule has 0 spiro atoms. The van der Waals surface area contributed by atoms with Crippen molar-refractivity contribution in [2.45, 2.75) is 18.7 Å². The first-order valence-electron chi connectivity index (χ1n) is 6.34. The molecule has 0 saturated carbocycles. The summed E-state index contributed by atoms with van der Waals surface area (Å²) in [6.45, 7) is 2.84. The molecule has 1 aliphatic rings. The minimum Gasteiger partial charge on any atom is -0.381 e. The van der Waals surface area contributed by atoms with E-state index in [4.69, 9.17) is 27.9 Å². The van der Waals surface area contributed by atoms with Crippen LogP contribution in [0.1, 0.15) is 18.4 Å². The predicted octanol–water partition coefficient (Wildman–Crippen LogP) is 3.94.